The molecular formula is C11H16FN3O. The largest absolute Gasteiger partial charge is 0.340 e. The third kappa shape index (κ3) is 2.29. The lowest BCUT2D eigenvalue weighted by Gasteiger charge is -2.38. The third-order valence-electron chi connectivity index (χ3n) is 3.15. The molecule has 2 heterocycles. The number of carbonyl (C=O) groups is 1. The number of halogens is 1. The van der Waals surface area contributed by atoms with Gasteiger partial charge in [0.2, 0.25) is 5.91 Å². The minimum absolute atomic E-state index is 0.0980. The highest BCUT2D eigenvalue weighted by Crippen LogP contribution is 2.19. The van der Waals surface area contributed by atoms with E-state index in [0.29, 0.717) is 19.5 Å². The minimum Gasteiger partial charge on any atom is -0.340 e. The van der Waals surface area contributed by atoms with Gasteiger partial charge in [-0.3, -0.25) is 14.7 Å². The van der Waals surface area contributed by atoms with Crippen molar-refractivity contribution in [2.75, 3.05) is 26.2 Å². The first-order valence-electron chi connectivity index (χ1n) is 5.55. The highest BCUT2D eigenvalue weighted by molar-refractivity contribution is 5.73. The summed E-state index contributed by atoms with van der Waals surface area (Å²) < 4.78 is 13.5. The van der Waals surface area contributed by atoms with E-state index in [9.17, 15) is 9.18 Å². The van der Waals surface area contributed by atoms with Crippen molar-refractivity contribution < 1.29 is 9.18 Å². The molecule has 2 rings (SSSR count). The van der Waals surface area contributed by atoms with E-state index >= 15 is 0 Å². The van der Waals surface area contributed by atoms with Crippen LogP contribution in [0, 0.1) is 0 Å². The van der Waals surface area contributed by atoms with E-state index in [-0.39, 0.29) is 17.8 Å². The average molecular weight is 225 g/mol. The molecule has 1 fully saturated rings. The molecule has 0 aromatic rings. The zero-order valence-electron chi connectivity index (χ0n) is 9.40. The summed E-state index contributed by atoms with van der Waals surface area (Å²) in [6.45, 7) is 4.43. The molecule has 1 saturated heterocycles. The van der Waals surface area contributed by atoms with Crippen molar-refractivity contribution in [3.8, 4) is 0 Å². The lowest BCUT2D eigenvalue weighted by Crippen LogP contribution is -2.52. The lowest BCUT2D eigenvalue weighted by molar-refractivity contribution is -0.130. The van der Waals surface area contributed by atoms with Gasteiger partial charge in [-0.1, -0.05) is 0 Å². The maximum Gasteiger partial charge on any atom is 0.219 e. The van der Waals surface area contributed by atoms with Crippen LogP contribution >= 0.6 is 0 Å². The zero-order valence-corrected chi connectivity index (χ0v) is 9.40. The van der Waals surface area contributed by atoms with Crippen molar-refractivity contribution in [3.63, 3.8) is 0 Å². The molecule has 0 aliphatic carbocycles. The standard InChI is InChI=1S/C11H16FN3O/c1-9(16)14-4-6-15(7-5-14)11-2-3-13-8-10(11)12/h3,8,11H,2,4-7H2,1H3. The molecule has 16 heavy (non-hydrogen) atoms. The van der Waals surface area contributed by atoms with Crippen LogP contribution in [0.4, 0.5) is 4.39 Å². The molecule has 0 saturated carbocycles. The fourth-order valence-electron chi connectivity index (χ4n) is 2.16. The maximum atomic E-state index is 13.5. The molecular weight excluding hydrogens is 209 g/mol. The average Bonchev–Trinajstić information content (AvgIpc) is 2.30. The number of amides is 1. The summed E-state index contributed by atoms with van der Waals surface area (Å²) in [5, 5.41) is 0. The summed E-state index contributed by atoms with van der Waals surface area (Å²) in [5.74, 6) is -0.0698. The monoisotopic (exact) mass is 225 g/mol. The number of carbonyl (C=O) groups excluding carboxylic acids is 1. The van der Waals surface area contributed by atoms with Gasteiger partial charge in [-0.15, -0.1) is 0 Å². The number of nitrogens with zero attached hydrogens (tertiary/aromatic N) is 3. The minimum atomic E-state index is -0.174. The summed E-state index contributed by atoms with van der Waals surface area (Å²) >= 11 is 0. The second-order valence-corrected chi connectivity index (χ2v) is 4.14. The van der Waals surface area contributed by atoms with E-state index in [1.807, 2.05) is 0 Å². The van der Waals surface area contributed by atoms with Crippen LogP contribution in [0.25, 0.3) is 0 Å². The van der Waals surface area contributed by atoms with Crippen LogP contribution in [-0.4, -0.2) is 54.1 Å². The van der Waals surface area contributed by atoms with Crippen molar-refractivity contribution in [1.82, 2.24) is 9.80 Å². The number of aliphatic imine (C=N–C) groups is 1. The van der Waals surface area contributed by atoms with Gasteiger partial charge in [0.05, 0.1) is 12.2 Å². The number of hydrogen-bond donors (Lipinski definition) is 0. The van der Waals surface area contributed by atoms with Gasteiger partial charge in [-0.25, -0.2) is 4.39 Å². The smallest absolute Gasteiger partial charge is 0.219 e. The molecule has 1 amide bonds. The van der Waals surface area contributed by atoms with Crippen LogP contribution in [0.3, 0.4) is 0 Å². The summed E-state index contributed by atoms with van der Waals surface area (Å²) in [6, 6.07) is -0.174. The predicted octanol–water partition coefficient (Wildman–Crippen LogP) is 0.805. The maximum absolute atomic E-state index is 13.5. The highest BCUT2D eigenvalue weighted by atomic mass is 19.1. The first-order chi connectivity index (χ1) is 7.68. The summed E-state index contributed by atoms with van der Waals surface area (Å²) in [6.07, 6.45) is 3.65. The second kappa shape index (κ2) is 4.74. The molecule has 0 bridgehead atoms. The van der Waals surface area contributed by atoms with Gasteiger partial charge < -0.3 is 4.90 Å². The third-order valence-corrected chi connectivity index (χ3v) is 3.15. The molecule has 1 atom stereocenters. The molecule has 4 nitrogen and oxygen atoms in total. The summed E-state index contributed by atoms with van der Waals surface area (Å²) in [4.78, 5) is 18.8. The molecule has 0 aromatic heterocycles. The molecule has 2 aliphatic rings. The lowest BCUT2D eigenvalue weighted by atomic mass is 10.1. The Morgan fingerprint density at radius 2 is 2.12 bits per heavy atom. The van der Waals surface area contributed by atoms with E-state index in [2.05, 4.69) is 9.89 Å². The van der Waals surface area contributed by atoms with Crippen LogP contribution in [0.2, 0.25) is 0 Å². The summed E-state index contributed by atoms with van der Waals surface area (Å²) in [7, 11) is 0. The Bertz CT molecular complexity index is 332. The molecule has 1 unspecified atom stereocenters. The van der Waals surface area contributed by atoms with E-state index in [1.54, 1.807) is 18.0 Å². The first-order valence-corrected chi connectivity index (χ1v) is 5.55. The van der Waals surface area contributed by atoms with Gasteiger partial charge in [0, 0.05) is 45.7 Å². The normalized spacial score (nSPS) is 26.8. The first kappa shape index (κ1) is 11.3. The van der Waals surface area contributed by atoms with Crippen molar-refractivity contribution >= 4 is 12.1 Å². The van der Waals surface area contributed by atoms with E-state index < -0.39 is 0 Å². The van der Waals surface area contributed by atoms with Crippen molar-refractivity contribution in [2.45, 2.75) is 19.4 Å². The zero-order chi connectivity index (χ0) is 11.5. The van der Waals surface area contributed by atoms with Gasteiger partial charge in [-0.05, 0) is 0 Å². The highest BCUT2D eigenvalue weighted by Gasteiger charge is 2.27. The van der Waals surface area contributed by atoms with Gasteiger partial charge >= 0.3 is 0 Å². The van der Waals surface area contributed by atoms with Crippen molar-refractivity contribution in [2.24, 2.45) is 4.99 Å². The van der Waals surface area contributed by atoms with Crippen molar-refractivity contribution in [3.05, 3.63) is 12.0 Å². The van der Waals surface area contributed by atoms with Gasteiger partial charge in [0.1, 0.15) is 5.83 Å². The number of piperazine rings is 1. The molecule has 0 N–H and O–H groups in total. The molecule has 0 radical (unpaired) electrons. The Balaban J connectivity index is 1.92. The second-order valence-electron chi connectivity index (χ2n) is 4.14. The van der Waals surface area contributed by atoms with Crippen LogP contribution in [0.1, 0.15) is 13.3 Å². The Morgan fingerprint density at radius 1 is 1.44 bits per heavy atom. The van der Waals surface area contributed by atoms with E-state index in [1.165, 1.54) is 6.20 Å². The van der Waals surface area contributed by atoms with E-state index in [0.717, 1.165) is 13.1 Å². The topological polar surface area (TPSA) is 35.9 Å². The SMILES string of the molecule is CC(=O)N1CCN(C2CC=NC=C2F)CC1. The molecule has 88 valence electrons. The molecule has 2 aliphatic heterocycles. The Morgan fingerprint density at radius 3 is 2.69 bits per heavy atom. The van der Waals surface area contributed by atoms with Crippen molar-refractivity contribution in [1.29, 1.82) is 0 Å². The van der Waals surface area contributed by atoms with E-state index in [4.69, 9.17) is 0 Å². The fourth-order valence-corrected chi connectivity index (χ4v) is 2.16. The van der Waals surface area contributed by atoms with Gasteiger partial charge in [0.15, 0.2) is 0 Å². The van der Waals surface area contributed by atoms with Gasteiger partial charge in [0.25, 0.3) is 0 Å². The molecule has 0 spiro atoms. The molecule has 5 heteroatoms. The summed E-state index contributed by atoms with van der Waals surface area (Å²) in [5.41, 5.74) is 0. The van der Waals surface area contributed by atoms with Crippen LogP contribution in [0.15, 0.2) is 17.0 Å². The Hall–Kier alpha value is -1.23. The quantitative estimate of drug-likeness (QED) is 0.662. The van der Waals surface area contributed by atoms with Gasteiger partial charge in [-0.2, -0.15) is 0 Å². The van der Waals surface area contributed by atoms with Crippen LogP contribution in [0.5, 0.6) is 0 Å². The van der Waals surface area contributed by atoms with Crippen LogP contribution < -0.4 is 0 Å². The predicted molar refractivity (Wildman–Crippen MR) is 59.9 cm³/mol. The van der Waals surface area contributed by atoms with Crippen LogP contribution in [-0.2, 0) is 4.79 Å². The Labute approximate surface area is 94.4 Å². The number of rotatable bonds is 1. The fraction of sp³-hybridized carbons (Fsp3) is 0.636. The molecule has 0 aromatic carbocycles. The Kier molecular flexibility index (Phi) is 3.33. The number of hydrogen-bond acceptors (Lipinski definition) is 3.